The molecule has 0 saturated carbocycles. The van der Waals surface area contributed by atoms with Crippen LogP contribution in [0.15, 0.2) is 54.6 Å². The van der Waals surface area contributed by atoms with Crippen molar-refractivity contribution >= 4 is 5.69 Å². The van der Waals surface area contributed by atoms with Crippen molar-refractivity contribution in [2.75, 3.05) is 11.9 Å². The lowest BCUT2D eigenvalue weighted by Crippen LogP contribution is -2.05. The largest absolute Gasteiger partial charge is 0.385 e. The predicted molar refractivity (Wildman–Crippen MR) is 65.0 cm³/mol. The lowest BCUT2D eigenvalue weighted by atomic mass is 10.1. The topological polar surface area (TPSA) is 12.0 Å². The van der Waals surface area contributed by atoms with Crippen LogP contribution < -0.4 is 5.32 Å². The van der Waals surface area contributed by atoms with Crippen LogP contribution in [0.3, 0.4) is 0 Å². The minimum Gasteiger partial charge on any atom is -0.385 e. The highest BCUT2D eigenvalue weighted by molar-refractivity contribution is 5.42. The first kappa shape index (κ1) is 10.7. The molecule has 0 aliphatic heterocycles. The Morgan fingerprint density at radius 3 is 2.31 bits per heavy atom. The zero-order valence-electron chi connectivity index (χ0n) is 8.99. The Hall–Kier alpha value is -1.83. The van der Waals surface area contributed by atoms with Gasteiger partial charge in [0.25, 0.3) is 0 Å². The quantitative estimate of drug-likeness (QED) is 0.823. The molecule has 0 aliphatic carbocycles. The van der Waals surface area contributed by atoms with Crippen LogP contribution in [-0.2, 0) is 6.42 Å². The molecule has 0 unspecified atom stereocenters. The maximum atomic E-state index is 13.3. The summed E-state index contributed by atoms with van der Waals surface area (Å²) in [7, 11) is 0. The highest BCUT2D eigenvalue weighted by Gasteiger charge is 1.99. The number of hydrogen-bond acceptors (Lipinski definition) is 1. The number of rotatable bonds is 4. The molecule has 0 heterocycles. The van der Waals surface area contributed by atoms with Gasteiger partial charge in [-0.15, -0.1) is 0 Å². The third kappa shape index (κ3) is 2.83. The van der Waals surface area contributed by atoms with Crippen molar-refractivity contribution < 1.29 is 4.39 Å². The van der Waals surface area contributed by atoms with Crippen molar-refractivity contribution in [1.29, 1.82) is 0 Å². The molecule has 2 aromatic carbocycles. The molecule has 1 N–H and O–H groups in total. The van der Waals surface area contributed by atoms with Crippen molar-refractivity contribution in [1.82, 2.24) is 0 Å². The van der Waals surface area contributed by atoms with Crippen molar-refractivity contribution in [2.45, 2.75) is 6.42 Å². The van der Waals surface area contributed by atoms with Crippen LogP contribution in [0, 0.1) is 5.82 Å². The van der Waals surface area contributed by atoms with Gasteiger partial charge < -0.3 is 5.32 Å². The molecule has 0 spiro atoms. The van der Waals surface area contributed by atoms with Crippen LogP contribution in [-0.4, -0.2) is 6.54 Å². The Bertz CT molecular complexity index is 439. The Balaban J connectivity index is 1.87. The normalized spacial score (nSPS) is 10.1. The van der Waals surface area contributed by atoms with Gasteiger partial charge >= 0.3 is 0 Å². The van der Waals surface area contributed by atoms with Gasteiger partial charge in [0.2, 0.25) is 0 Å². The summed E-state index contributed by atoms with van der Waals surface area (Å²) >= 11 is 0. The van der Waals surface area contributed by atoms with Gasteiger partial charge in [0.15, 0.2) is 0 Å². The minimum absolute atomic E-state index is 0.127. The smallest absolute Gasteiger partial charge is 0.126 e. The maximum Gasteiger partial charge on any atom is 0.126 e. The summed E-state index contributed by atoms with van der Waals surface area (Å²) in [6.07, 6.45) is 0.696. The molecule has 0 aromatic heterocycles. The summed E-state index contributed by atoms with van der Waals surface area (Å²) in [4.78, 5) is 0. The van der Waals surface area contributed by atoms with Gasteiger partial charge in [0.1, 0.15) is 5.82 Å². The number of halogens is 1. The first-order valence-corrected chi connectivity index (χ1v) is 5.38. The molecule has 1 nitrogen and oxygen atoms in total. The summed E-state index contributed by atoms with van der Waals surface area (Å²) in [5, 5.41) is 3.25. The van der Waals surface area contributed by atoms with E-state index < -0.39 is 0 Å². The van der Waals surface area contributed by atoms with Gasteiger partial charge in [-0.25, -0.2) is 4.39 Å². The number of para-hydroxylation sites is 1. The van der Waals surface area contributed by atoms with Crippen LogP contribution in [0.1, 0.15) is 5.56 Å². The van der Waals surface area contributed by atoms with Gasteiger partial charge in [-0.05, 0) is 30.2 Å². The molecule has 2 aromatic rings. The molecule has 16 heavy (non-hydrogen) atoms. The van der Waals surface area contributed by atoms with Gasteiger partial charge in [0, 0.05) is 12.2 Å². The van der Waals surface area contributed by atoms with Gasteiger partial charge in [-0.1, -0.05) is 36.4 Å². The van der Waals surface area contributed by atoms with Crippen LogP contribution >= 0.6 is 0 Å². The summed E-state index contributed by atoms with van der Waals surface area (Å²) in [6.45, 7) is 0.741. The highest BCUT2D eigenvalue weighted by Crippen LogP contribution is 2.09. The first-order chi connectivity index (χ1) is 7.86. The second kappa shape index (κ2) is 5.31. The van der Waals surface area contributed by atoms with Crippen molar-refractivity contribution in [3.63, 3.8) is 0 Å². The number of hydrogen-bond donors (Lipinski definition) is 1. The average Bonchev–Trinajstić information content (AvgIpc) is 2.33. The van der Waals surface area contributed by atoms with E-state index in [1.54, 1.807) is 6.07 Å². The van der Waals surface area contributed by atoms with E-state index in [1.807, 2.05) is 42.5 Å². The van der Waals surface area contributed by atoms with Crippen LogP contribution in [0.5, 0.6) is 0 Å². The molecular weight excluding hydrogens is 201 g/mol. The molecule has 82 valence electrons. The molecule has 0 aliphatic rings. The Kier molecular flexibility index (Phi) is 3.54. The van der Waals surface area contributed by atoms with E-state index in [4.69, 9.17) is 0 Å². The van der Waals surface area contributed by atoms with Crippen molar-refractivity contribution in [2.24, 2.45) is 0 Å². The SMILES string of the molecule is Fc1ccccc1CCNc1ccccc1. The van der Waals surface area contributed by atoms with E-state index in [2.05, 4.69) is 5.32 Å². The molecule has 0 bridgehead atoms. The fraction of sp³-hybridized carbons (Fsp3) is 0.143. The van der Waals surface area contributed by atoms with Crippen LogP contribution in [0.25, 0.3) is 0 Å². The third-order valence-electron chi connectivity index (χ3n) is 2.46. The van der Waals surface area contributed by atoms with E-state index in [9.17, 15) is 4.39 Å². The fourth-order valence-electron chi connectivity index (χ4n) is 1.60. The molecule has 0 fully saturated rings. The first-order valence-electron chi connectivity index (χ1n) is 5.38. The Labute approximate surface area is 94.9 Å². The standard InChI is InChI=1S/C14H14FN/c15-14-9-5-4-6-12(14)10-11-16-13-7-2-1-3-8-13/h1-9,16H,10-11H2. The lowest BCUT2D eigenvalue weighted by Gasteiger charge is -2.06. The molecule has 2 heteroatoms. The molecule has 2 rings (SSSR count). The summed E-state index contributed by atoms with van der Waals surface area (Å²) in [5.41, 5.74) is 1.82. The lowest BCUT2D eigenvalue weighted by molar-refractivity contribution is 0.610. The van der Waals surface area contributed by atoms with Crippen LogP contribution in [0.4, 0.5) is 10.1 Å². The summed E-state index contributed by atoms with van der Waals surface area (Å²) < 4.78 is 13.3. The fourth-order valence-corrected chi connectivity index (χ4v) is 1.60. The number of benzene rings is 2. The second-order valence-corrected chi connectivity index (χ2v) is 3.63. The molecule has 0 saturated heterocycles. The highest BCUT2D eigenvalue weighted by atomic mass is 19.1. The molecule has 0 radical (unpaired) electrons. The van der Waals surface area contributed by atoms with E-state index in [0.717, 1.165) is 17.8 Å². The van der Waals surface area contributed by atoms with Crippen LogP contribution in [0.2, 0.25) is 0 Å². The monoisotopic (exact) mass is 215 g/mol. The second-order valence-electron chi connectivity index (χ2n) is 3.63. The van der Waals surface area contributed by atoms with Gasteiger partial charge in [-0.2, -0.15) is 0 Å². The molecule has 0 atom stereocenters. The summed E-state index contributed by atoms with van der Waals surface area (Å²) in [5.74, 6) is -0.127. The zero-order chi connectivity index (χ0) is 11.2. The van der Waals surface area contributed by atoms with E-state index in [-0.39, 0.29) is 5.82 Å². The van der Waals surface area contributed by atoms with E-state index >= 15 is 0 Å². The minimum atomic E-state index is -0.127. The number of anilines is 1. The van der Waals surface area contributed by atoms with E-state index in [0.29, 0.717) is 6.42 Å². The molecular formula is C14H14FN. The number of nitrogens with one attached hydrogen (secondary N) is 1. The predicted octanol–water partition coefficient (Wildman–Crippen LogP) is 3.48. The zero-order valence-corrected chi connectivity index (χ0v) is 8.99. The van der Waals surface area contributed by atoms with Crippen molar-refractivity contribution in [3.8, 4) is 0 Å². The van der Waals surface area contributed by atoms with E-state index in [1.165, 1.54) is 6.07 Å². The summed E-state index contributed by atoms with van der Waals surface area (Å²) in [6, 6.07) is 16.8. The Morgan fingerprint density at radius 1 is 0.875 bits per heavy atom. The average molecular weight is 215 g/mol. The maximum absolute atomic E-state index is 13.3. The Morgan fingerprint density at radius 2 is 1.56 bits per heavy atom. The molecule has 0 amide bonds. The van der Waals surface area contributed by atoms with Gasteiger partial charge in [0.05, 0.1) is 0 Å². The van der Waals surface area contributed by atoms with Crippen molar-refractivity contribution in [3.05, 3.63) is 66.0 Å². The van der Waals surface area contributed by atoms with Gasteiger partial charge in [-0.3, -0.25) is 0 Å². The third-order valence-corrected chi connectivity index (χ3v) is 2.46.